The van der Waals surface area contributed by atoms with Gasteiger partial charge in [0, 0.05) is 57.7 Å². The molecule has 1 atom stereocenters. The number of hydrogen-bond acceptors (Lipinski definition) is 5. The smallest absolute Gasteiger partial charge is 0.313 e. The first-order valence-electron chi connectivity index (χ1n) is 11.9. The van der Waals surface area contributed by atoms with Crippen molar-refractivity contribution in [3.05, 3.63) is 58.9 Å². The van der Waals surface area contributed by atoms with Gasteiger partial charge in [-0.25, -0.2) is 4.39 Å². The molecule has 2 N–H and O–H groups in total. The van der Waals surface area contributed by atoms with Gasteiger partial charge in [0.25, 0.3) is 0 Å². The quantitative estimate of drug-likeness (QED) is 0.662. The molecule has 0 bridgehead atoms. The van der Waals surface area contributed by atoms with Crippen LogP contribution in [0, 0.1) is 12.7 Å². The summed E-state index contributed by atoms with van der Waals surface area (Å²) < 4.78 is 13.8. The molecule has 2 aromatic carbocycles. The molecule has 2 aliphatic heterocycles. The van der Waals surface area contributed by atoms with Crippen molar-refractivity contribution >= 4 is 23.2 Å². The lowest BCUT2D eigenvalue weighted by molar-refractivity contribution is -0.136. The van der Waals surface area contributed by atoms with E-state index < -0.39 is 17.6 Å². The fourth-order valence-corrected chi connectivity index (χ4v) is 4.73. The standard InChI is InChI=1S/C26H34FN5O2/c1-18-6-8-21(16-22(18)27)29-26(34)25(33)28-17-24(32-13-11-30(2)12-14-32)20-7-9-23-19(15-20)5-4-10-31(23)3/h6-9,15-16,24H,4-5,10-14,17H2,1-3H3,(H,28,33)(H,29,34). The number of carbonyl (C=O) groups is 2. The minimum Gasteiger partial charge on any atom is -0.374 e. The van der Waals surface area contributed by atoms with E-state index in [2.05, 4.69) is 57.6 Å². The number of nitrogens with zero attached hydrogens (tertiary/aromatic N) is 3. The topological polar surface area (TPSA) is 67.9 Å². The number of rotatable bonds is 5. The van der Waals surface area contributed by atoms with Gasteiger partial charge < -0.3 is 20.4 Å². The number of amides is 2. The van der Waals surface area contributed by atoms with Crippen LogP contribution in [0.4, 0.5) is 15.8 Å². The molecule has 0 aromatic heterocycles. The molecule has 1 unspecified atom stereocenters. The fourth-order valence-electron chi connectivity index (χ4n) is 4.73. The predicted octanol–water partition coefficient (Wildman–Crippen LogP) is 2.56. The zero-order valence-electron chi connectivity index (χ0n) is 20.2. The number of carbonyl (C=O) groups excluding carboxylic acids is 2. The molecular formula is C26H34FN5O2. The number of anilines is 2. The second kappa shape index (κ2) is 10.5. The minimum absolute atomic E-state index is 0.0280. The molecule has 2 aliphatic rings. The third kappa shape index (κ3) is 5.56. The molecule has 0 spiro atoms. The summed E-state index contributed by atoms with van der Waals surface area (Å²) in [6.45, 7) is 6.73. The Bertz CT molecular complexity index is 1050. The van der Waals surface area contributed by atoms with E-state index in [1.807, 2.05) is 0 Å². The van der Waals surface area contributed by atoms with Crippen molar-refractivity contribution in [2.45, 2.75) is 25.8 Å². The Hall–Kier alpha value is -2.97. The van der Waals surface area contributed by atoms with Gasteiger partial charge in [0.1, 0.15) is 5.82 Å². The van der Waals surface area contributed by atoms with Crippen molar-refractivity contribution in [2.24, 2.45) is 0 Å². The molecule has 1 fully saturated rings. The average molecular weight is 468 g/mol. The predicted molar refractivity (Wildman–Crippen MR) is 133 cm³/mol. The number of hydrogen-bond donors (Lipinski definition) is 2. The molecule has 1 saturated heterocycles. The van der Waals surface area contributed by atoms with Gasteiger partial charge in [0.2, 0.25) is 0 Å². The van der Waals surface area contributed by atoms with Gasteiger partial charge in [-0.05, 0) is 61.7 Å². The maximum atomic E-state index is 13.8. The first kappa shape index (κ1) is 24.2. The highest BCUT2D eigenvalue weighted by molar-refractivity contribution is 6.39. The highest BCUT2D eigenvalue weighted by atomic mass is 19.1. The molecule has 0 saturated carbocycles. The maximum absolute atomic E-state index is 13.8. The van der Waals surface area contributed by atoms with E-state index in [-0.39, 0.29) is 11.7 Å². The Labute approximate surface area is 200 Å². The zero-order valence-corrected chi connectivity index (χ0v) is 20.2. The Kier molecular flexibility index (Phi) is 7.48. The van der Waals surface area contributed by atoms with Crippen LogP contribution in [0.3, 0.4) is 0 Å². The summed E-state index contributed by atoms with van der Waals surface area (Å²) in [4.78, 5) is 32.0. The van der Waals surface area contributed by atoms with E-state index in [0.29, 0.717) is 12.1 Å². The van der Waals surface area contributed by atoms with Crippen molar-refractivity contribution in [1.82, 2.24) is 15.1 Å². The lowest BCUT2D eigenvalue weighted by atomic mass is 9.95. The summed E-state index contributed by atoms with van der Waals surface area (Å²) in [6.07, 6.45) is 2.17. The lowest BCUT2D eigenvalue weighted by Gasteiger charge is -2.39. The highest BCUT2D eigenvalue weighted by Gasteiger charge is 2.27. The van der Waals surface area contributed by atoms with Crippen LogP contribution >= 0.6 is 0 Å². The van der Waals surface area contributed by atoms with Crippen LogP contribution in [-0.4, -0.2) is 75.0 Å². The number of benzene rings is 2. The molecule has 2 amide bonds. The molecule has 4 rings (SSSR count). The monoisotopic (exact) mass is 467 g/mol. The van der Waals surface area contributed by atoms with Gasteiger partial charge in [0.05, 0.1) is 6.04 Å². The number of fused-ring (bicyclic) bond motifs is 1. The van der Waals surface area contributed by atoms with Crippen LogP contribution in [0.5, 0.6) is 0 Å². The fraction of sp³-hybridized carbons (Fsp3) is 0.462. The number of halogens is 1. The SMILES string of the molecule is Cc1ccc(NC(=O)C(=O)NCC(c2ccc3c(c2)CCCN3C)N2CCN(C)CC2)cc1F. The average Bonchev–Trinajstić information content (AvgIpc) is 2.82. The van der Waals surface area contributed by atoms with Crippen LogP contribution in [0.2, 0.25) is 0 Å². The van der Waals surface area contributed by atoms with Gasteiger partial charge >= 0.3 is 11.8 Å². The van der Waals surface area contributed by atoms with Crippen molar-refractivity contribution in [2.75, 3.05) is 63.6 Å². The lowest BCUT2D eigenvalue weighted by Crippen LogP contribution is -2.49. The van der Waals surface area contributed by atoms with Crippen molar-refractivity contribution < 1.29 is 14.0 Å². The number of piperazine rings is 1. The zero-order chi connectivity index (χ0) is 24.2. The van der Waals surface area contributed by atoms with E-state index in [0.717, 1.165) is 51.1 Å². The first-order valence-corrected chi connectivity index (χ1v) is 11.9. The van der Waals surface area contributed by atoms with E-state index in [4.69, 9.17) is 0 Å². The molecule has 34 heavy (non-hydrogen) atoms. The van der Waals surface area contributed by atoms with E-state index >= 15 is 0 Å². The molecule has 2 aromatic rings. The van der Waals surface area contributed by atoms with Crippen LogP contribution in [-0.2, 0) is 16.0 Å². The summed E-state index contributed by atoms with van der Waals surface area (Å²) in [5, 5.41) is 5.30. The number of nitrogens with one attached hydrogen (secondary N) is 2. The van der Waals surface area contributed by atoms with E-state index in [1.54, 1.807) is 19.1 Å². The van der Waals surface area contributed by atoms with E-state index in [1.165, 1.54) is 17.3 Å². The second-order valence-corrected chi connectivity index (χ2v) is 9.40. The van der Waals surface area contributed by atoms with Gasteiger partial charge in [-0.2, -0.15) is 0 Å². The maximum Gasteiger partial charge on any atom is 0.313 e. The molecule has 182 valence electrons. The highest BCUT2D eigenvalue weighted by Crippen LogP contribution is 2.31. The molecule has 0 aliphatic carbocycles. The normalized spacial score (nSPS) is 17.7. The van der Waals surface area contributed by atoms with Crippen LogP contribution < -0.4 is 15.5 Å². The second-order valence-electron chi connectivity index (χ2n) is 9.40. The summed E-state index contributed by atoms with van der Waals surface area (Å²) in [6, 6.07) is 10.9. The van der Waals surface area contributed by atoms with Crippen molar-refractivity contribution in [3.63, 3.8) is 0 Å². The molecule has 7 nitrogen and oxygen atoms in total. The van der Waals surface area contributed by atoms with Gasteiger partial charge in [0.15, 0.2) is 0 Å². The number of aryl methyl sites for hydroxylation is 2. The molecular weight excluding hydrogens is 433 g/mol. The Morgan fingerprint density at radius 2 is 1.76 bits per heavy atom. The summed E-state index contributed by atoms with van der Waals surface area (Å²) in [5.74, 6) is -1.95. The van der Waals surface area contributed by atoms with Crippen LogP contribution in [0.1, 0.15) is 29.2 Å². The van der Waals surface area contributed by atoms with Gasteiger partial charge in [-0.3, -0.25) is 14.5 Å². The largest absolute Gasteiger partial charge is 0.374 e. The molecule has 8 heteroatoms. The summed E-state index contributed by atoms with van der Waals surface area (Å²) in [7, 11) is 4.23. The Morgan fingerprint density at radius 3 is 2.50 bits per heavy atom. The number of likely N-dealkylation sites (N-methyl/N-ethyl adjacent to an activating group) is 1. The molecule has 0 radical (unpaired) electrons. The van der Waals surface area contributed by atoms with Crippen molar-refractivity contribution in [3.8, 4) is 0 Å². The summed E-state index contributed by atoms with van der Waals surface area (Å²) >= 11 is 0. The van der Waals surface area contributed by atoms with E-state index in [9.17, 15) is 14.0 Å². The third-order valence-corrected chi connectivity index (χ3v) is 6.91. The Morgan fingerprint density at radius 1 is 1.00 bits per heavy atom. The molecule has 2 heterocycles. The van der Waals surface area contributed by atoms with Crippen LogP contribution in [0.15, 0.2) is 36.4 Å². The third-order valence-electron chi connectivity index (χ3n) is 6.91. The van der Waals surface area contributed by atoms with Gasteiger partial charge in [-0.15, -0.1) is 0 Å². The Balaban J connectivity index is 1.47. The minimum atomic E-state index is -0.799. The van der Waals surface area contributed by atoms with Crippen molar-refractivity contribution in [1.29, 1.82) is 0 Å². The van der Waals surface area contributed by atoms with Crippen LogP contribution in [0.25, 0.3) is 0 Å². The first-order chi connectivity index (χ1) is 16.3. The summed E-state index contributed by atoms with van der Waals surface area (Å²) in [5.41, 5.74) is 4.49. The van der Waals surface area contributed by atoms with Gasteiger partial charge in [-0.1, -0.05) is 18.2 Å².